The summed E-state index contributed by atoms with van der Waals surface area (Å²) in [5.41, 5.74) is 4.91. The van der Waals surface area contributed by atoms with Crippen molar-refractivity contribution in [3.63, 3.8) is 0 Å². The number of anilines is 1. The van der Waals surface area contributed by atoms with Crippen LogP contribution in [-0.2, 0) is 13.1 Å². The monoisotopic (exact) mass is 324 g/mol. The maximum Gasteiger partial charge on any atom is 0.347 e. The van der Waals surface area contributed by atoms with Crippen LogP contribution in [0, 0.1) is 0 Å². The Hall–Kier alpha value is -1.59. The highest BCUT2D eigenvalue weighted by Crippen LogP contribution is 2.04. The van der Waals surface area contributed by atoms with E-state index >= 15 is 0 Å². The zero-order valence-corrected chi connectivity index (χ0v) is 14.7. The molecule has 132 valence electrons. The highest BCUT2D eigenvalue weighted by atomic mass is 16.2. The number of nitrogen functional groups attached to an aromatic ring is 1. The maximum absolute atomic E-state index is 12.4. The molecule has 0 saturated heterocycles. The minimum atomic E-state index is -0.451. The summed E-state index contributed by atoms with van der Waals surface area (Å²) in [6, 6.07) is 0. The Labute approximate surface area is 138 Å². The lowest BCUT2D eigenvalue weighted by Gasteiger charge is -2.10. The minimum Gasteiger partial charge on any atom is -0.378 e. The first kappa shape index (κ1) is 19.5. The van der Waals surface area contributed by atoms with E-state index in [2.05, 4.69) is 18.9 Å². The summed E-state index contributed by atoms with van der Waals surface area (Å²) in [6.07, 6.45) is 10.9. The molecule has 0 spiro atoms. The third-order valence-corrected chi connectivity index (χ3v) is 4.10. The van der Waals surface area contributed by atoms with Gasteiger partial charge >= 0.3 is 5.69 Å². The van der Waals surface area contributed by atoms with Crippen LogP contribution in [0.4, 0.5) is 5.82 Å². The summed E-state index contributed by atoms with van der Waals surface area (Å²) in [6.45, 7) is 5.29. The summed E-state index contributed by atoms with van der Waals surface area (Å²) in [5.74, 6) is -0.0771. The van der Waals surface area contributed by atoms with Gasteiger partial charge in [0.2, 0.25) is 5.82 Å². The Bertz CT molecular complexity index is 563. The second-order valence-corrected chi connectivity index (χ2v) is 6.18. The molecule has 0 saturated carbocycles. The van der Waals surface area contributed by atoms with Gasteiger partial charge in [0.05, 0.1) is 0 Å². The molecule has 0 aliphatic carbocycles. The summed E-state index contributed by atoms with van der Waals surface area (Å²) in [7, 11) is 0. The van der Waals surface area contributed by atoms with E-state index < -0.39 is 5.56 Å². The molecule has 0 bridgehead atoms. The number of aryl methyl sites for hydroxylation is 1. The molecule has 0 fully saturated rings. The summed E-state index contributed by atoms with van der Waals surface area (Å²) >= 11 is 0. The molecule has 0 aliphatic rings. The zero-order valence-electron chi connectivity index (χ0n) is 14.7. The van der Waals surface area contributed by atoms with Crippen molar-refractivity contribution in [1.82, 2.24) is 14.3 Å². The van der Waals surface area contributed by atoms with E-state index in [1.165, 1.54) is 34.9 Å². The van der Waals surface area contributed by atoms with Gasteiger partial charge in [-0.2, -0.15) is 0 Å². The summed E-state index contributed by atoms with van der Waals surface area (Å²) in [5, 5.41) is 3.96. The molecule has 0 unspecified atom stereocenters. The summed E-state index contributed by atoms with van der Waals surface area (Å²) < 4.78 is 2.61. The molecule has 6 heteroatoms. The van der Waals surface area contributed by atoms with Gasteiger partial charge in [-0.25, -0.2) is 9.48 Å². The SMILES string of the molecule is CCCCCCCn1nc(N)c(=O)n(CCCCCCC)c1=O. The first-order valence-electron chi connectivity index (χ1n) is 9.09. The van der Waals surface area contributed by atoms with Gasteiger partial charge in [0, 0.05) is 13.1 Å². The quantitative estimate of drug-likeness (QED) is 0.599. The zero-order chi connectivity index (χ0) is 17.1. The molecule has 0 atom stereocenters. The molecule has 23 heavy (non-hydrogen) atoms. The van der Waals surface area contributed by atoms with Crippen molar-refractivity contribution in [2.75, 3.05) is 5.73 Å². The average Bonchev–Trinajstić information content (AvgIpc) is 2.54. The molecule has 1 aromatic heterocycles. The second-order valence-electron chi connectivity index (χ2n) is 6.18. The normalized spacial score (nSPS) is 11.0. The largest absolute Gasteiger partial charge is 0.378 e. The molecule has 0 amide bonds. The molecule has 1 rings (SSSR count). The number of unbranched alkanes of at least 4 members (excludes halogenated alkanes) is 8. The Morgan fingerprint density at radius 3 is 1.91 bits per heavy atom. The standard InChI is InChI=1S/C17H32N4O2/c1-3-5-7-9-11-13-20-16(22)15(18)19-21(17(20)23)14-12-10-8-6-4-2/h3-14H2,1-2H3,(H2,18,19). The Kier molecular flexibility index (Phi) is 9.33. The van der Waals surface area contributed by atoms with Crippen molar-refractivity contribution in [2.45, 2.75) is 91.1 Å². The van der Waals surface area contributed by atoms with Gasteiger partial charge in [-0.3, -0.25) is 9.36 Å². The van der Waals surface area contributed by atoms with Crippen molar-refractivity contribution in [2.24, 2.45) is 0 Å². The molecular weight excluding hydrogens is 292 g/mol. The van der Waals surface area contributed by atoms with E-state index in [-0.39, 0.29) is 11.5 Å². The fourth-order valence-electron chi connectivity index (χ4n) is 2.66. The fraction of sp³-hybridized carbons (Fsp3) is 0.824. The van der Waals surface area contributed by atoms with Gasteiger partial charge < -0.3 is 5.73 Å². The smallest absolute Gasteiger partial charge is 0.347 e. The van der Waals surface area contributed by atoms with Crippen molar-refractivity contribution in [1.29, 1.82) is 0 Å². The topological polar surface area (TPSA) is 82.9 Å². The number of aromatic nitrogens is 3. The highest BCUT2D eigenvalue weighted by molar-refractivity contribution is 5.20. The molecule has 1 aromatic rings. The molecule has 0 aliphatic heterocycles. The third-order valence-electron chi connectivity index (χ3n) is 4.10. The van der Waals surface area contributed by atoms with Gasteiger partial charge in [-0.05, 0) is 12.8 Å². The molecule has 6 nitrogen and oxygen atoms in total. The Morgan fingerprint density at radius 1 is 0.826 bits per heavy atom. The van der Waals surface area contributed by atoms with E-state index in [0.29, 0.717) is 13.1 Å². The van der Waals surface area contributed by atoms with Crippen LogP contribution in [0.15, 0.2) is 9.59 Å². The van der Waals surface area contributed by atoms with Crippen molar-refractivity contribution in [3.8, 4) is 0 Å². The van der Waals surface area contributed by atoms with E-state index in [0.717, 1.165) is 38.5 Å². The van der Waals surface area contributed by atoms with Gasteiger partial charge in [0.25, 0.3) is 5.56 Å². The van der Waals surface area contributed by atoms with Crippen LogP contribution in [0.2, 0.25) is 0 Å². The number of hydrogen-bond acceptors (Lipinski definition) is 4. The number of rotatable bonds is 12. The molecule has 0 aromatic carbocycles. The minimum absolute atomic E-state index is 0.0771. The van der Waals surface area contributed by atoms with Crippen molar-refractivity contribution in [3.05, 3.63) is 20.8 Å². The lowest BCUT2D eigenvalue weighted by atomic mass is 10.1. The maximum atomic E-state index is 12.4. The third kappa shape index (κ3) is 6.59. The van der Waals surface area contributed by atoms with Gasteiger partial charge in [0.1, 0.15) is 0 Å². The van der Waals surface area contributed by atoms with E-state index in [9.17, 15) is 9.59 Å². The molecular formula is C17H32N4O2. The predicted molar refractivity (Wildman–Crippen MR) is 94.7 cm³/mol. The molecule has 0 radical (unpaired) electrons. The first-order valence-corrected chi connectivity index (χ1v) is 9.09. The number of nitrogens with zero attached hydrogens (tertiary/aromatic N) is 3. The Morgan fingerprint density at radius 2 is 1.35 bits per heavy atom. The highest BCUT2D eigenvalue weighted by Gasteiger charge is 2.10. The van der Waals surface area contributed by atoms with E-state index in [4.69, 9.17) is 5.73 Å². The van der Waals surface area contributed by atoms with Crippen LogP contribution in [-0.4, -0.2) is 14.3 Å². The Balaban J connectivity index is 2.66. The average molecular weight is 324 g/mol. The van der Waals surface area contributed by atoms with Crippen LogP contribution >= 0.6 is 0 Å². The van der Waals surface area contributed by atoms with Crippen molar-refractivity contribution < 1.29 is 0 Å². The number of nitrogens with two attached hydrogens (primary N) is 1. The van der Waals surface area contributed by atoms with Crippen LogP contribution in [0.25, 0.3) is 0 Å². The number of hydrogen-bond donors (Lipinski definition) is 1. The van der Waals surface area contributed by atoms with Gasteiger partial charge in [-0.1, -0.05) is 65.2 Å². The molecule has 1 heterocycles. The lowest BCUT2D eigenvalue weighted by molar-refractivity contribution is 0.455. The summed E-state index contributed by atoms with van der Waals surface area (Å²) in [4.78, 5) is 24.4. The lowest BCUT2D eigenvalue weighted by Crippen LogP contribution is -2.42. The van der Waals surface area contributed by atoms with Crippen LogP contribution in [0.5, 0.6) is 0 Å². The predicted octanol–water partition coefficient (Wildman–Crippen LogP) is 2.93. The molecule has 2 N–H and O–H groups in total. The van der Waals surface area contributed by atoms with Crippen LogP contribution in [0.1, 0.15) is 78.1 Å². The van der Waals surface area contributed by atoms with Gasteiger partial charge in [0.15, 0.2) is 0 Å². The van der Waals surface area contributed by atoms with Gasteiger partial charge in [-0.15, -0.1) is 5.10 Å². The van der Waals surface area contributed by atoms with E-state index in [1.807, 2.05) is 0 Å². The van der Waals surface area contributed by atoms with Crippen LogP contribution < -0.4 is 17.0 Å². The fourth-order valence-corrected chi connectivity index (χ4v) is 2.66. The van der Waals surface area contributed by atoms with Crippen LogP contribution in [0.3, 0.4) is 0 Å². The van der Waals surface area contributed by atoms with E-state index in [1.54, 1.807) is 0 Å². The van der Waals surface area contributed by atoms with Crippen molar-refractivity contribution >= 4 is 5.82 Å². The first-order chi connectivity index (χ1) is 11.1. The second kappa shape index (κ2) is 11.0.